The Morgan fingerprint density at radius 1 is 1.25 bits per heavy atom. The van der Waals surface area contributed by atoms with Crippen LogP contribution in [-0.2, 0) is 9.47 Å². The van der Waals surface area contributed by atoms with Gasteiger partial charge in [-0.15, -0.1) is 0 Å². The molecule has 0 radical (unpaired) electrons. The van der Waals surface area contributed by atoms with Crippen LogP contribution in [0.2, 0.25) is 0 Å². The minimum Gasteiger partial charge on any atom is -0.493 e. The predicted octanol–water partition coefficient (Wildman–Crippen LogP) is 2.13. The summed E-state index contributed by atoms with van der Waals surface area (Å²) >= 11 is 0. The van der Waals surface area contributed by atoms with Crippen LogP contribution in [0, 0.1) is 0 Å². The van der Waals surface area contributed by atoms with Crippen LogP contribution in [0.4, 0.5) is 0 Å². The van der Waals surface area contributed by atoms with E-state index in [0.717, 1.165) is 24.4 Å². The van der Waals surface area contributed by atoms with Gasteiger partial charge in [-0.1, -0.05) is 6.92 Å². The summed E-state index contributed by atoms with van der Waals surface area (Å²) < 4.78 is 18.3. The fraction of sp³-hybridized carbons (Fsp3) is 0.786. The van der Waals surface area contributed by atoms with Gasteiger partial charge in [-0.25, -0.2) is 0 Å². The molecule has 0 aliphatic heterocycles. The molecule has 1 aromatic heterocycles. The lowest BCUT2D eigenvalue weighted by atomic mass is 10.1. The second kappa shape index (κ2) is 8.24. The Kier molecular flexibility index (Phi) is 6.98. The number of aromatic nitrogens is 2. The summed E-state index contributed by atoms with van der Waals surface area (Å²) in [6, 6.07) is 0.0963. The van der Waals surface area contributed by atoms with E-state index in [1.54, 1.807) is 27.5 Å². The summed E-state index contributed by atoms with van der Waals surface area (Å²) in [6.07, 6.45) is 2.36. The molecule has 0 saturated carbocycles. The Bertz CT molecular complexity index is 389. The highest BCUT2D eigenvalue weighted by atomic mass is 16.7. The molecule has 20 heavy (non-hydrogen) atoms. The first-order valence-electron chi connectivity index (χ1n) is 7.00. The van der Waals surface area contributed by atoms with Gasteiger partial charge in [-0.2, -0.15) is 5.10 Å². The number of hydrogen-bond acceptors (Lipinski definition) is 5. The maximum absolute atomic E-state index is 5.44. The molecule has 1 rings (SSSR count). The van der Waals surface area contributed by atoms with Crippen molar-refractivity contribution >= 4 is 0 Å². The average Bonchev–Trinajstić information content (AvgIpc) is 2.87. The van der Waals surface area contributed by atoms with Gasteiger partial charge in [0.25, 0.3) is 0 Å². The van der Waals surface area contributed by atoms with Gasteiger partial charge in [0.1, 0.15) is 11.7 Å². The highest BCUT2D eigenvalue weighted by Crippen LogP contribution is 2.30. The van der Waals surface area contributed by atoms with Gasteiger partial charge in [0.05, 0.1) is 13.3 Å². The second-order valence-electron chi connectivity index (χ2n) is 4.91. The number of hydrogen-bond donors (Lipinski definition) is 1. The molecule has 1 atom stereocenters. The Morgan fingerprint density at radius 2 is 1.90 bits per heavy atom. The number of methoxy groups -OCH3 is 3. The summed E-state index contributed by atoms with van der Waals surface area (Å²) in [5.74, 6) is 0.742. The van der Waals surface area contributed by atoms with Crippen molar-refractivity contribution in [3.63, 3.8) is 0 Å². The molecule has 1 aromatic rings. The first-order chi connectivity index (χ1) is 9.60. The van der Waals surface area contributed by atoms with Gasteiger partial charge in [0.15, 0.2) is 12.0 Å². The SMILES string of the molecule is CCCNC(c1c(OC)cnn1C(C)C)C(OC)OC. The zero-order valence-corrected chi connectivity index (χ0v) is 13.3. The van der Waals surface area contributed by atoms with E-state index < -0.39 is 6.29 Å². The van der Waals surface area contributed by atoms with E-state index in [2.05, 4.69) is 31.2 Å². The lowest BCUT2D eigenvalue weighted by molar-refractivity contribution is -0.125. The van der Waals surface area contributed by atoms with Crippen LogP contribution in [0.3, 0.4) is 0 Å². The highest BCUT2D eigenvalue weighted by Gasteiger charge is 2.30. The van der Waals surface area contributed by atoms with Crippen molar-refractivity contribution in [2.24, 2.45) is 0 Å². The van der Waals surface area contributed by atoms with Crippen molar-refractivity contribution in [1.82, 2.24) is 15.1 Å². The molecule has 0 aliphatic carbocycles. The molecule has 0 spiro atoms. The molecule has 0 saturated heterocycles. The van der Waals surface area contributed by atoms with Gasteiger partial charge in [0.2, 0.25) is 0 Å². The summed E-state index contributed by atoms with van der Waals surface area (Å²) in [7, 11) is 4.92. The monoisotopic (exact) mass is 285 g/mol. The average molecular weight is 285 g/mol. The molecule has 1 heterocycles. The van der Waals surface area contributed by atoms with E-state index in [0.29, 0.717) is 0 Å². The van der Waals surface area contributed by atoms with Gasteiger partial charge >= 0.3 is 0 Å². The van der Waals surface area contributed by atoms with Gasteiger partial charge in [0, 0.05) is 20.3 Å². The maximum atomic E-state index is 5.44. The smallest absolute Gasteiger partial charge is 0.177 e. The molecule has 0 aliphatic rings. The Balaban J connectivity index is 3.19. The minimum absolute atomic E-state index is 0.134. The third-order valence-corrected chi connectivity index (χ3v) is 3.15. The quantitative estimate of drug-likeness (QED) is 0.704. The van der Waals surface area contributed by atoms with E-state index in [1.165, 1.54) is 0 Å². The number of nitrogens with zero attached hydrogens (tertiary/aromatic N) is 2. The van der Waals surface area contributed by atoms with Gasteiger partial charge in [-0.05, 0) is 26.8 Å². The largest absolute Gasteiger partial charge is 0.493 e. The zero-order chi connectivity index (χ0) is 15.1. The summed E-state index contributed by atoms with van der Waals surface area (Å²) in [5, 5.41) is 7.86. The van der Waals surface area contributed by atoms with E-state index in [1.807, 2.05) is 4.68 Å². The Hall–Kier alpha value is -1.11. The van der Waals surface area contributed by atoms with E-state index >= 15 is 0 Å². The van der Waals surface area contributed by atoms with E-state index in [-0.39, 0.29) is 12.1 Å². The Morgan fingerprint density at radius 3 is 2.35 bits per heavy atom. The van der Waals surface area contributed by atoms with E-state index in [4.69, 9.17) is 14.2 Å². The van der Waals surface area contributed by atoms with Gasteiger partial charge < -0.3 is 19.5 Å². The molecular weight excluding hydrogens is 258 g/mol. The van der Waals surface area contributed by atoms with Crippen LogP contribution in [0.5, 0.6) is 5.75 Å². The summed E-state index contributed by atoms with van der Waals surface area (Å²) in [4.78, 5) is 0. The molecule has 1 N–H and O–H groups in total. The molecular formula is C14H27N3O3. The normalized spacial score (nSPS) is 13.2. The molecule has 116 valence electrons. The van der Waals surface area contributed by atoms with Crippen molar-refractivity contribution in [2.45, 2.75) is 45.6 Å². The van der Waals surface area contributed by atoms with Crippen LogP contribution in [0.15, 0.2) is 6.20 Å². The standard InChI is InChI=1S/C14H27N3O3/c1-7-8-15-12(14(19-5)20-6)13-11(18-4)9-16-17(13)10(2)3/h9-10,12,14-15H,7-8H2,1-6H3. The van der Waals surface area contributed by atoms with Crippen LogP contribution >= 0.6 is 0 Å². The van der Waals surface area contributed by atoms with Crippen LogP contribution in [0.1, 0.15) is 45.0 Å². The van der Waals surface area contributed by atoms with Crippen LogP contribution in [-0.4, -0.2) is 43.9 Å². The molecule has 0 bridgehead atoms. The number of rotatable bonds is 9. The molecule has 6 nitrogen and oxygen atoms in total. The van der Waals surface area contributed by atoms with Crippen LogP contribution < -0.4 is 10.1 Å². The van der Waals surface area contributed by atoms with Crippen molar-refractivity contribution in [3.8, 4) is 5.75 Å². The van der Waals surface area contributed by atoms with Crippen molar-refractivity contribution in [3.05, 3.63) is 11.9 Å². The number of ether oxygens (including phenoxy) is 3. The number of nitrogens with one attached hydrogen (secondary N) is 1. The first-order valence-corrected chi connectivity index (χ1v) is 7.00. The topological polar surface area (TPSA) is 57.5 Å². The third kappa shape index (κ3) is 3.71. The van der Waals surface area contributed by atoms with Crippen molar-refractivity contribution < 1.29 is 14.2 Å². The van der Waals surface area contributed by atoms with Crippen LogP contribution in [0.25, 0.3) is 0 Å². The second-order valence-corrected chi connectivity index (χ2v) is 4.91. The Labute approximate surface area is 121 Å². The lowest BCUT2D eigenvalue weighted by Crippen LogP contribution is -2.37. The highest BCUT2D eigenvalue weighted by molar-refractivity contribution is 5.29. The fourth-order valence-electron chi connectivity index (χ4n) is 2.21. The molecule has 1 unspecified atom stereocenters. The maximum Gasteiger partial charge on any atom is 0.177 e. The van der Waals surface area contributed by atoms with Gasteiger partial charge in [-0.3, -0.25) is 4.68 Å². The van der Waals surface area contributed by atoms with Crippen molar-refractivity contribution in [2.75, 3.05) is 27.9 Å². The zero-order valence-electron chi connectivity index (χ0n) is 13.3. The molecule has 0 fully saturated rings. The molecule has 0 aromatic carbocycles. The predicted molar refractivity (Wildman–Crippen MR) is 78.0 cm³/mol. The van der Waals surface area contributed by atoms with E-state index in [9.17, 15) is 0 Å². The molecule has 0 amide bonds. The summed E-state index contributed by atoms with van der Waals surface area (Å²) in [5.41, 5.74) is 0.949. The molecule has 6 heteroatoms. The van der Waals surface area contributed by atoms with Crippen molar-refractivity contribution in [1.29, 1.82) is 0 Å². The minimum atomic E-state index is -0.398. The lowest BCUT2D eigenvalue weighted by Gasteiger charge is -2.28. The first kappa shape index (κ1) is 16.9. The summed E-state index contributed by atoms with van der Waals surface area (Å²) in [6.45, 7) is 7.15. The fourth-order valence-corrected chi connectivity index (χ4v) is 2.21. The third-order valence-electron chi connectivity index (χ3n) is 3.15.